The number of likely N-dealkylation sites (tertiary alicyclic amines) is 1. The molecule has 1 amide bonds. The van der Waals surface area contributed by atoms with Gasteiger partial charge in [0.25, 0.3) is 0 Å². The SMILES string of the molecule is Cl.NCCNC(=O)C1CCCN(Cc2ccn(-c3ccccc3)n2)C1. The number of halogens is 1. The van der Waals surface area contributed by atoms with Crippen molar-refractivity contribution in [3.05, 3.63) is 48.3 Å². The first-order chi connectivity index (χ1) is 11.8. The highest BCUT2D eigenvalue weighted by Gasteiger charge is 2.25. The average molecular weight is 364 g/mol. The summed E-state index contributed by atoms with van der Waals surface area (Å²) in [7, 11) is 0. The number of nitrogens with one attached hydrogen (secondary N) is 1. The van der Waals surface area contributed by atoms with Gasteiger partial charge < -0.3 is 11.1 Å². The molecular formula is C18H26ClN5O. The number of nitrogens with two attached hydrogens (primary N) is 1. The second kappa shape index (κ2) is 9.56. The summed E-state index contributed by atoms with van der Waals surface area (Å²) >= 11 is 0. The summed E-state index contributed by atoms with van der Waals surface area (Å²) in [4.78, 5) is 14.4. The largest absolute Gasteiger partial charge is 0.355 e. The lowest BCUT2D eigenvalue weighted by Gasteiger charge is -2.31. The van der Waals surface area contributed by atoms with Crippen LogP contribution in [-0.2, 0) is 11.3 Å². The quantitative estimate of drug-likeness (QED) is 0.817. The highest BCUT2D eigenvalue weighted by atomic mass is 35.5. The van der Waals surface area contributed by atoms with Crippen molar-refractivity contribution in [3.8, 4) is 5.69 Å². The Morgan fingerprint density at radius 2 is 2.08 bits per heavy atom. The lowest BCUT2D eigenvalue weighted by atomic mass is 9.97. The van der Waals surface area contributed by atoms with Gasteiger partial charge in [-0.3, -0.25) is 9.69 Å². The van der Waals surface area contributed by atoms with E-state index in [9.17, 15) is 4.79 Å². The molecule has 2 heterocycles. The number of aromatic nitrogens is 2. The van der Waals surface area contributed by atoms with E-state index in [4.69, 9.17) is 5.73 Å². The van der Waals surface area contributed by atoms with Gasteiger partial charge in [-0.1, -0.05) is 18.2 Å². The average Bonchev–Trinajstić information content (AvgIpc) is 3.09. The Morgan fingerprint density at radius 1 is 1.28 bits per heavy atom. The van der Waals surface area contributed by atoms with Crippen LogP contribution < -0.4 is 11.1 Å². The zero-order chi connectivity index (χ0) is 16.8. The number of carbonyl (C=O) groups is 1. The standard InChI is InChI=1S/C18H25N5O.ClH/c19-9-10-20-18(24)15-5-4-11-22(13-15)14-16-8-12-23(21-16)17-6-2-1-3-7-17;/h1-3,6-8,12,15H,4-5,9-11,13-14,19H2,(H,20,24);1H. The zero-order valence-electron chi connectivity index (χ0n) is 14.3. The second-order valence-corrected chi connectivity index (χ2v) is 6.24. The number of para-hydroxylation sites is 1. The number of piperidine rings is 1. The van der Waals surface area contributed by atoms with Crippen LogP contribution in [0.5, 0.6) is 0 Å². The maximum Gasteiger partial charge on any atom is 0.224 e. The fourth-order valence-electron chi connectivity index (χ4n) is 3.15. The molecule has 1 aliphatic heterocycles. The summed E-state index contributed by atoms with van der Waals surface area (Å²) in [6.07, 6.45) is 3.98. The minimum absolute atomic E-state index is 0. The van der Waals surface area contributed by atoms with Gasteiger partial charge in [0.2, 0.25) is 5.91 Å². The Labute approximate surface area is 154 Å². The van der Waals surface area contributed by atoms with Gasteiger partial charge in [-0.15, -0.1) is 12.4 Å². The van der Waals surface area contributed by atoms with Crippen molar-refractivity contribution in [2.45, 2.75) is 19.4 Å². The van der Waals surface area contributed by atoms with E-state index in [1.54, 1.807) is 0 Å². The van der Waals surface area contributed by atoms with Gasteiger partial charge in [0.15, 0.2) is 0 Å². The van der Waals surface area contributed by atoms with Crippen molar-refractivity contribution < 1.29 is 4.79 Å². The van der Waals surface area contributed by atoms with Gasteiger partial charge >= 0.3 is 0 Å². The van der Waals surface area contributed by atoms with Crippen molar-refractivity contribution in [2.75, 3.05) is 26.2 Å². The van der Waals surface area contributed by atoms with Crippen molar-refractivity contribution in [3.63, 3.8) is 0 Å². The molecular weight excluding hydrogens is 338 g/mol. The summed E-state index contributed by atoms with van der Waals surface area (Å²) < 4.78 is 1.89. The third kappa shape index (κ3) is 5.29. The van der Waals surface area contributed by atoms with Gasteiger partial charge in [0.1, 0.15) is 0 Å². The van der Waals surface area contributed by atoms with Gasteiger partial charge in [-0.25, -0.2) is 4.68 Å². The fourth-order valence-corrected chi connectivity index (χ4v) is 3.15. The van der Waals surface area contributed by atoms with E-state index in [0.29, 0.717) is 13.1 Å². The van der Waals surface area contributed by atoms with Crippen LogP contribution in [0.4, 0.5) is 0 Å². The van der Waals surface area contributed by atoms with Gasteiger partial charge in [-0.2, -0.15) is 5.10 Å². The Morgan fingerprint density at radius 3 is 2.84 bits per heavy atom. The van der Waals surface area contributed by atoms with Crippen LogP contribution in [0.15, 0.2) is 42.6 Å². The first-order valence-electron chi connectivity index (χ1n) is 8.56. The van der Waals surface area contributed by atoms with Crippen molar-refractivity contribution in [1.29, 1.82) is 0 Å². The molecule has 1 saturated heterocycles. The Kier molecular flexibility index (Phi) is 7.43. The lowest BCUT2D eigenvalue weighted by molar-refractivity contribution is -0.126. The summed E-state index contributed by atoms with van der Waals surface area (Å²) in [5.74, 6) is 0.182. The van der Waals surface area contributed by atoms with Crippen LogP contribution in [0.1, 0.15) is 18.5 Å². The molecule has 3 N–H and O–H groups in total. The molecule has 25 heavy (non-hydrogen) atoms. The van der Waals surface area contributed by atoms with Gasteiger partial charge in [-0.05, 0) is 37.6 Å². The Balaban J connectivity index is 0.00000225. The number of hydrogen-bond donors (Lipinski definition) is 2. The number of hydrogen-bond acceptors (Lipinski definition) is 4. The maximum atomic E-state index is 12.1. The minimum atomic E-state index is 0. The second-order valence-electron chi connectivity index (χ2n) is 6.24. The minimum Gasteiger partial charge on any atom is -0.355 e. The van der Waals surface area contributed by atoms with E-state index in [1.807, 2.05) is 47.3 Å². The van der Waals surface area contributed by atoms with Crippen molar-refractivity contribution >= 4 is 18.3 Å². The molecule has 1 aliphatic rings. The highest BCUT2D eigenvalue weighted by Crippen LogP contribution is 2.18. The third-order valence-corrected chi connectivity index (χ3v) is 4.37. The van der Waals surface area contributed by atoms with E-state index in [2.05, 4.69) is 15.3 Å². The number of carbonyl (C=O) groups excluding carboxylic acids is 1. The Bertz CT molecular complexity index is 660. The first-order valence-corrected chi connectivity index (χ1v) is 8.56. The molecule has 3 rings (SSSR count). The number of amides is 1. The third-order valence-electron chi connectivity index (χ3n) is 4.37. The summed E-state index contributed by atoms with van der Waals surface area (Å²) in [6, 6.07) is 12.1. The molecule has 0 aliphatic carbocycles. The predicted octanol–water partition coefficient (Wildman–Crippen LogP) is 1.58. The van der Waals surface area contributed by atoms with Gasteiger partial charge in [0.05, 0.1) is 17.3 Å². The monoisotopic (exact) mass is 363 g/mol. The number of nitrogens with zero attached hydrogens (tertiary/aromatic N) is 3. The van der Waals surface area contributed by atoms with Crippen LogP contribution in [0, 0.1) is 5.92 Å². The molecule has 1 aromatic carbocycles. The molecule has 2 aromatic rings. The van der Waals surface area contributed by atoms with Crippen molar-refractivity contribution in [1.82, 2.24) is 20.0 Å². The zero-order valence-corrected chi connectivity index (χ0v) is 15.1. The topological polar surface area (TPSA) is 76.2 Å². The van der Waals surface area contributed by atoms with Crippen molar-refractivity contribution in [2.24, 2.45) is 11.7 Å². The van der Waals surface area contributed by atoms with E-state index in [0.717, 1.165) is 43.9 Å². The van der Waals surface area contributed by atoms with E-state index in [1.165, 1.54) is 0 Å². The van der Waals surface area contributed by atoms with Crippen LogP contribution in [0.3, 0.4) is 0 Å². The van der Waals surface area contributed by atoms with Crippen LogP contribution >= 0.6 is 12.4 Å². The van der Waals surface area contributed by atoms with E-state index < -0.39 is 0 Å². The molecule has 6 nitrogen and oxygen atoms in total. The first kappa shape index (κ1) is 19.4. The Hall–Kier alpha value is -1.89. The summed E-state index contributed by atoms with van der Waals surface area (Å²) in [5.41, 5.74) is 7.54. The smallest absolute Gasteiger partial charge is 0.224 e. The molecule has 1 atom stereocenters. The molecule has 1 unspecified atom stereocenters. The fraction of sp³-hybridized carbons (Fsp3) is 0.444. The van der Waals surface area contributed by atoms with Gasteiger partial charge in [0, 0.05) is 32.4 Å². The molecule has 0 spiro atoms. The summed E-state index contributed by atoms with van der Waals surface area (Å²) in [5, 5.41) is 7.55. The molecule has 1 aromatic heterocycles. The van der Waals surface area contributed by atoms with Crippen LogP contribution in [0.2, 0.25) is 0 Å². The number of rotatable bonds is 6. The van der Waals surface area contributed by atoms with Crippen LogP contribution in [-0.4, -0.2) is 46.8 Å². The molecule has 136 valence electrons. The molecule has 1 fully saturated rings. The predicted molar refractivity (Wildman–Crippen MR) is 101 cm³/mol. The highest BCUT2D eigenvalue weighted by molar-refractivity contribution is 5.85. The normalized spacial score (nSPS) is 17.7. The molecule has 7 heteroatoms. The van der Waals surface area contributed by atoms with E-state index >= 15 is 0 Å². The molecule has 0 radical (unpaired) electrons. The summed E-state index contributed by atoms with van der Waals surface area (Å²) in [6.45, 7) is 3.61. The maximum absolute atomic E-state index is 12.1. The number of benzene rings is 1. The van der Waals surface area contributed by atoms with Crippen LogP contribution in [0.25, 0.3) is 5.69 Å². The molecule has 0 saturated carbocycles. The van der Waals surface area contributed by atoms with E-state index in [-0.39, 0.29) is 24.2 Å². The molecule has 0 bridgehead atoms. The lowest BCUT2D eigenvalue weighted by Crippen LogP contribution is -2.43.